The lowest BCUT2D eigenvalue weighted by atomic mass is 10.1. The highest BCUT2D eigenvalue weighted by Crippen LogP contribution is 2.20. The fourth-order valence-electron chi connectivity index (χ4n) is 3.64. The van der Waals surface area contributed by atoms with E-state index in [1.54, 1.807) is 25.2 Å². The highest BCUT2D eigenvalue weighted by atomic mass is 16.2. The van der Waals surface area contributed by atoms with Crippen LogP contribution in [0.3, 0.4) is 0 Å². The van der Waals surface area contributed by atoms with Gasteiger partial charge in [0.15, 0.2) is 5.43 Å². The van der Waals surface area contributed by atoms with Crippen LogP contribution in [0, 0.1) is 0 Å². The predicted molar refractivity (Wildman–Crippen MR) is 119 cm³/mol. The minimum atomic E-state index is -0.238. The number of carbonyl (C=O) groups excluding carboxylic acids is 2. The molecule has 0 bridgehead atoms. The molecule has 0 fully saturated rings. The molecule has 0 atom stereocenters. The average Bonchev–Trinajstić information content (AvgIpc) is 2.78. The van der Waals surface area contributed by atoms with Crippen LogP contribution in [0.2, 0.25) is 0 Å². The first kappa shape index (κ1) is 19.4. The molecule has 3 aromatic carbocycles. The first-order chi connectivity index (χ1) is 14.6. The molecule has 0 saturated heterocycles. The minimum absolute atomic E-state index is 0.0373. The molecule has 0 aliphatic carbocycles. The first-order valence-corrected chi connectivity index (χ1v) is 9.67. The Kier molecular flexibility index (Phi) is 5.30. The molecule has 0 saturated carbocycles. The molecule has 2 amide bonds. The lowest BCUT2D eigenvalue weighted by Crippen LogP contribution is -2.24. The molecule has 4 aromatic rings. The molecular formula is C24H21N3O3. The number of rotatable bonds is 5. The lowest BCUT2D eigenvalue weighted by Gasteiger charge is -2.16. The molecular weight excluding hydrogens is 378 g/mol. The van der Waals surface area contributed by atoms with Crippen LogP contribution in [-0.2, 0) is 22.6 Å². The first-order valence-electron chi connectivity index (χ1n) is 9.67. The Morgan fingerprint density at radius 2 is 1.37 bits per heavy atom. The Balaban J connectivity index is 1.72. The number of benzene rings is 3. The van der Waals surface area contributed by atoms with Crippen LogP contribution in [0.4, 0.5) is 5.69 Å². The highest BCUT2D eigenvalue weighted by molar-refractivity contribution is 5.97. The maximum atomic E-state index is 13.0. The van der Waals surface area contributed by atoms with Crippen LogP contribution in [-0.4, -0.2) is 23.4 Å². The van der Waals surface area contributed by atoms with E-state index in [1.165, 1.54) is 0 Å². The summed E-state index contributed by atoms with van der Waals surface area (Å²) in [7, 11) is 1.58. The summed E-state index contributed by atoms with van der Waals surface area (Å²) in [6.45, 7) is 0.0373. The van der Waals surface area contributed by atoms with Gasteiger partial charge in [0.1, 0.15) is 6.54 Å². The summed E-state index contributed by atoms with van der Waals surface area (Å²) in [5.74, 6) is -0.368. The van der Waals surface area contributed by atoms with Crippen molar-refractivity contribution in [2.75, 3.05) is 12.4 Å². The zero-order valence-corrected chi connectivity index (χ0v) is 16.5. The number of anilines is 1. The fourth-order valence-corrected chi connectivity index (χ4v) is 3.64. The monoisotopic (exact) mass is 399 g/mol. The number of nitrogens with one attached hydrogen (secondary N) is 2. The van der Waals surface area contributed by atoms with Gasteiger partial charge in [0.25, 0.3) is 0 Å². The van der Waals surface area contributed by atoms with Gasteiger partial charge in [-0.3, -0.25) is 14.4 Å². The van der Waals surface area contributed by atoms with Crippen LogP contribution < -0.4 is 16.1 Å². The molecule has 0 spiro atoms. The van der Waals surface area contributed by atoms with Gasteiger partial charge in [0.2, 0.25) is 11.8 Å². The van der Waals surface area contributed by atoms with Crippen molar-refractivity contribution < 1.29 is 9.59 Å². The van der Waals surface area contributed by atoms with Crippen molar-refractivity contribution in [3.05, 3.63) is 88.6 Å². The van der Waals surface area contributed by atoms with Crippen molar-refractivity contribution >= 4 is 39.3 Å². The summed E-state index contributed by atoms with van der Waals surface area (Å²) in [5, 5.41) is 6.65. The smallest absolute Gasteiger partial charge is 0.244 e. The Hall–Kier alpha value is -3.93. The van der Waals surface area contributed by atoms with Crippen LogP contribution >= 0.6 is 0 Å². The highest BCUT2D eigenvalue weighted by Gasteiger charge is 2.14. The van der Waals surface area contributed by atoms with Gasteiger partial charge in [-0.1, -0.05) is 42.5 Å². The van der Waals surface area contributed by atoms with Gasteiger partial charge in [0.05, 0.1) is 17.5 Å². The van der Waals surface area contributed by atoms with Gasteiger partial charge >= 0.3 is 0 Å². The number of likely N-dealkylation sites (N-methyl/N-ethyl adjacent to an activating group) is 1. The summed E-state index contributed by atoms with van der Waals surface area (Å²) in [5.41, 5.74) is 2.69. The summed E-state index contributed by atoms with van der Waals surface area (Å²) in [6.07, 6.45) is 0.177. The van der Waals surface area contributed by atoms with Crippen molar-refractivity contribution in [1.82, 2.24) is 9.88 Å². The van der Waals surface area contributed by atoms with Crippen molar-refractivity contribution in [3.63, 3.8) is 0 Å². The van der Waals surface area contributed by atoms with Crippen molar-refractivity contribution in [2.24, 2.45) is 0 Å². The average molecular weight is 399 g/mol. The van der Waals surface area contributed by atoms with Gasteiger partial charge in [-0.15, -0.1) is 0 Å². The lowest BCUT2D eigenvalue weighted by molar-refractivity contribution is -0.120. The van der Waals surface area contributed by atoms with Gasteiger partial charge in [-0.05, 0) is 35.9 Å². The van der Waals surface area contributed by atoms with E-state index in [9.17, 15) is 14.4 Å². The zero-order valence-electron chi connectivity index (χ0n) is 16.5. The van der Waals surface area contributed by atoms with Crippen LogP contribution in [0.25, 0.3) is 21.8 Å². The summed E-state index contributed by atoms with van der Waals surface area (Å²) in [6, 6.07) is 21.8. The minimum Gasteiger partial charge on any atom is -0.359 e. The number of amides is 2. The Bertz CT molecular complexity index is 1260. The molecule has 0 aliphatic heterocycles. The van der Waals surface area contributed by atoms with Crippen molar-refractivity contribution in [2.45, 2.75) is 13.0 Å². The summed E-state index contributed by atoms with van der Waals surface area (Å²) in [4.78, 5) is 37.6. The number of nitrogens with zero attached hydrogens (tertiary/aromatic N) is 1. The van der Waals surface area contributed by atoms with E-state index in [0.29, 0.717) is 27.5 Å². The third-order valence-corrected chi connectivity index (χ3v) is 5.10. The van der Waals surface area contributed by atoms with E-state index in [1.807, 2.05) is 59.2 Å². The molecule has 6 nitrogen and oxygen atoms in total. The molecule has 0 unspecified atom stereocenters. The second-order valence-corrected chi connectivity index (χ2v) is 7.00. The van der Waals surface area contributed by atoms with E-state index >= 15 is 0 Å². The van der Waals surface area contributed by atoms with Crippen molar-refractivity contribution in [3.8, 4) is 0 Å². The van der Waals surface area contributed by atoms with Crippen LogP contribution in [0.1, 0.15) is 5.56 Å². The number of para-hydroxylation sites is 3. The molecule has 1 heterocycles. The third-order valence-electron chi connectivity index (χ3n) is 5.10. The molecule has 1 aromatic heterocycles. The number of hydrogen-bond donors (Lipinski definition) is 2. The molecule has 0 radical (unpaired) electrons. The molecule has 6 heteroatoms. The maximum absolute atomic E-state index is 13.0. The zero-order chi connectivity index (χ0) is 21.1. The van der Waals surface area contributed by atoms with Gasteiger partial charge in [-0.25, -0.2) is 0 Å². The number of hydrogen-bond acceptors (Lipinski definition) is 3. The standard InChI is InChI=1S/C24H21N3O3/c1-25-22(28)14-16-8-2-5-11-19(16)26-23(29)15-27-20-12-6-3-9-17(20)24(30)18-10-4-7-13-21(18)27/h2-13H,14-15H2,1H3,(H,25,28)(H,26,29). The van der Waals surface area contributed by atoms with Crippen LogP contribution in [0.15, 0.2) is 77.6 Å². The van der Waals surface area contributed by atoms with E-state index in [-0.39, 0.29) is 30.2 Å². The second-order valence-electron chi connectivity index (χ2n) is 7.00. The number of fused-ring (bicyclic) bond motifs is 2. The Morgan fingerprint density at radius 1 is 0.800 bits per heavy atom. The van der Waals surface area contributed by atoms with E-state index in [0.717, 1.165) is 5.56 Å². The van der Waals surface area contributed by atoms with Crippen molar-refractivity contribution in [1.29, 1.82) is 0 Å². The summed E-state index contributed by atoms with van der Waals surface area (Å²) >= 11 is 0. The maximum Gasteiger partial charge on any atom is 0.244 e. The molecule has 0 aliphatic rings. The van der Waals surface area contributed by atoms with E-state index in [2.05, 4.69) is 10.6 Å². The second kappa shape index (κ2) is 8.21. The largest absolute Gasteiger partial charge is 0.359 e. The van der Waals surface area contributed by atoms with Gasteiger partial charge in [0, 0.05) is 23.5 Å². The fraction of sp³-hybridized carbons (Fsp3) is 0.125. The predicted octanol–water partition coefficient (Wildman–Crippen LogP) is 3.08. The molecule has 4 rings (SSSR count). The quantitative estimate of drug-likeness (QED) is 0.506. The number of aromatic nitrogens is 1. The number of carbonyl (C=O) groups is 2. The van der Waals surface area contributed by atoms with Gasteiger partial charge in [-0.2, -0.15) is 0 Å². The van der Waals surface area contributed by atoms with Gasteiger partial charge < -0.3 is 15.2 Å². The molecule has 2 N–H and O–H groups in total. The van der Waals surface area contributed by atoms with E-state index < -0.39 is 0 Å². The topological polar surface area (TPSA) is 80.2 Å². The summed E-state index contributed by atoms with van der Waals surface area (Å²) < 4.78 is 1.85. The van der Waals surface area contributed by atoms with E-state index in [4.69, 9.17) is 0 Å². The van der Waals surface area contributed by atoms with Crippen LogP contribution in [0.5, 0.6) is 0 Å². The Morgan fingerprint density at radius 3 is 2.00 bits per heavy atom. The normalized spacial score (nSPS) is 10.8. The Labute approximate surface area is 173 Å². The number of pyridine rings is 1. The molecule has 30 heavy (non-hydrogen) atoms. The SMILES string of the molecule is CNC(=O)Cc1ccccc1NC(=O)Cn1c2ccccc2c(=O)c2ccccc21. The third kappa shape index (κ3) is 3.67. The molecule has 150 valence electrons.